The Hall–Kier alpha value is -2.35. The predicted molar refractivity (Wildman–Crippen MR) is 84.6 cm³/mol. The largest absolute Gasteiger partial charge is 0.494 e. The fourth-order valence-electron chi connectivity index (χ4n) is 2.23. The molecule has 0 aliphatic heterocycles. The van der Waals surface area contributed by atoms with Gasteiger partial charge in [0.1, 0.15) is 11.8 Å². The summed E-state index contributed by atoms with van der Waals surface area (Å²) in [5.74, 6) is 1.34. The smallest absolute Gasteiger partial charge is 0.185 e. The number of aryl methyl sites for hydroxylation is 2. The second kappa shape index (κ2) is 7.60. The molecule has 1 heterocycles. The summed E-state index contributed by atoms with van der Waals surface area (Å²) in [7, 11) is 0. The van der Waals surface area contributed by atoms with Crippen LogP contribution in [-0.4, -0.2) is 21.6 Å². The first-order valence-electron chi connectivity index (χ1n) is 7.62. The van der Waals surface area contributed by atoms with E-state index in [1.165, 1.54) is 5.56 Å². The van der Waals surface area contributed by atoms with Gasteiger partial charge in [0.2, 0.25) is 0 Å². The molecule has 22 heavy (non-hydrogen) atoms. The number of hydrogen-bond donors (Lipinski definition) is 0. The average molecular weight is 298 g/mol. The van der Waals surface area contributed by atoms with Gasteiger partial charge in [0.15, 0.2) is 5.69 Å². The summed E-state index contributed by atoms with van der Waals surface area (Å²) in [6.45, 7) is 7.63. The second-order valence-corrected chi connectivity index (χ2v) is 5.83. The number of ether oxygens (including phenoxy) is 1. The van der Waals surface area contributed by atoms with E-state index in [-0.39, 0.29) is 0 Å². The molecule has 0 radical (unpaired) electrons. The topological polar surface area (TPSA) is 63.7 Å². The third-order valence-electron chi connectivity index (χ3n) is 3.35. The first-order valence-corrected chi connectivity index (χ1v) is 7.62. The zero-order valence-corrected chi connectivity index (χ0v) is 13.4. The molecule has 0 N–H and O–H groups in total. The lowest BCUT2D eigenvalue weighted by molar-refractivity contribution is 0.296. The van der Waals surface area contributed by atoms with Crippen molar-refractivity contribution in [3.05, 3.63) is 41.2 Å². The summed E-state index contributed by atoms with van der Waals surface area (Å²) in [6, 6.07) is 10.1. The van der Waals surface area contributed by atoms with Crippen LogP contribution in [0.25, 0.3) is 0 Å². The fraction of sp³-hybridized carbons (Fsp3) is 0.471. The van der Waals surface area contributed by atoms with Gasteiger partial charge in [-0.3, -0.25) is 0 Å². The Morgan fingerprint density at radius 2 is 2.00 bits per heavy atom. The number of hydrogen-bond acceptors (Lipinski definition) is 4. The van der Waals surface area contributed by atoms with Gasteiger partial charge < -0.3 is 4.74 Å². The van der Waals surface area contributed by atoms with Crippen LogP contribution in [-0.2, 0) is 13.0 Å². The van der Waals surface area contributed by atoms with Crippen LogP contribution in [0.4, 0.5) is 0 Å². The van der Waals surface area contributed by atoms with Gasteiger partial charge in [-0.05, 0) is 31.4 Å². The minimum absolute atomic E-state index is 0.438. The summed E-state index contributed by atoms with van der Waals surface area (Å²) in [6.07, 6.45) is 1.64. The van der Waals surface area contributed by atoms with Crippen molar-refractivity contribution in [2.45, 2.75) is 40.2 Å². The van der Waals surface area contributed by atoms with E-state index < -0.39 is 0 Å². The van der Waals surface area contributed by atoms with E-state index in [9.17, 15) is 0 Å². The Bertz CT molecular complexity index is 638. The molecule has 0 saturated carbocycles. The predicted octanol–water partition coefficient (Wildman–Crippen LogP) is 3.13. The van der Waals surface area contributed by atoms with Crippen LogP contribution in [0.3, 0.4) is 0 Å². The molecule has 0 unspecified atom stereocenters. The second-order valence-electron chi connectivity index (χ2n) is 5.83. The number of aromatic nitrogens is 3. The maximum Gasteiger partial charge on any atom is 0.185 e. The molecule has 0 amide bonds. The van der Waals surface area contributed by atoms with E-state index in [1.807, 2.05) is 28.9 Å². The van der Waals surface area contributed by atoms with Crippen molar-refractivity contribution in [3.63, 3.8) is 0 Å². The highest BCUT2D eigenvalue weighted by Gasteiger charge is 2.13. The van der Waals surface area contributed by atoms with E-state index in [0.717, 1.165) is 24.3 Å². The Balaban J connectivity index is 1.88. The summed E-state index contributed by atoms with van der Waals surface area (Å²) in [4.78, 5) is 0. The number of rotatable bonds is 7. The van der Waals surface area contributed by atoms with E-state index in [1.54, 1.807) is 0 Å². The lowest BCUT2D eigenvalue weighted by atomic mass is 10.1. The van der Waals surface area contributed by atoms with Crippen molar-refractivity contribution in [1.82, 2.24) is 15.0 Å². The van der Waals surface area contributed by atoms with Crippen molar-refractivity contribution in [1.29, 1.82) is 5.26 Å². The molecule has 0 aliphatic rings. The van der Waals surface area contributed by atoms with E-state index in [4.69, 9.17) is 10.00 Å². The van der Waals surface area contributed by atoms with Gasteiger partial charge in [0.05, 0.1) is 12.3 Å². The molecule has 0 bridgehead atoms. The van der Waals surface area contributed by atoms with Gasteiger partial charge >= 0.3 is 0 Å². The first-order chi connectivity index (χ1) is 10.6. The molecule has 1 aromatic carbocycles. The molecule has 0 saturated heterocycles. The zero-order valence-electron chi connectivity index (χ0n) is 13.4. The third kappa shape index (κ3) is 4.32. The van der Waals surface area contributed by atoms with Crippen molar-refractivity contribution < 1.29 is 4.74 Å². The average Bonchev–Trinajstić information content (AvgIpc) is 2.87. The molecule has 0 fully saturated rings. The maximum absolute atomic E-state index is 9.10. The van der Waals surface area contributed by atoms with Gasteiger partial charge in [0, 0.05) is 13.0 Å². The molecule has 2 rings (SSSR count). The number of nitrogens with zero attached hydrogens (tertiary/aromatic N) is 4. The monoisotopic (exact) mass is 298 g/mol. The fourth-order valence-corrected chi connectivity index (χ4v) is 2.23. The normalized spacial score (nSPS) is 10.7. The maximum atomic E-state index is 9.10. The minimum atomic E-state index is 0.438. The number of benzene rings is 1. The quantitative estimate of drug-likeness (QED) is 0.737. The van der Waals surface area contributed by atoms with Crippen molar-refractivity contribution in [2.75, 3.05) is 6.61 Å². The number of nitriles is 1. The highest BCUT2D eigenvalue weighted by molar-refractivity contribution is 5.26. The van der Waals surface area contributed by atoms with E-state index in [2.05, 4.69) is 37.2 Å². The van der Waals surface area contributed by atoms with Crippen LogP contribution in [0.15, 0.2) is 24.3 Å². The summed E-state index contributed by atoms with van der Waals surface area (Å²) < 4.78 is 7.54. The lowest BCUT2D eigenvalue weighted by Crippen LogP contribution is -2.11. The van der Waals surface area contributed by atoms with Crippen molar-refractivity contribution in [3.8, 4) is 11.8 Å². The van der Waals surface area contributed by atoms with Gasteiger partial charge in [-0.25, -0.2) is 4.68 Å². The van der Waals surface area contributed by atoms with Gasteiger partial charge in [-0.15, -0.1) is 5.10 Å². The zero-order chi connectivity index (χ0) is 15.9. The Kier molecular flexibility index (Phi) is 5.54. The highest BCUT2D eigenvalue weighted by Crippen LogP contribution is 2.13. The van der Waals surface area contributed by atoms with Gasteiger partial charge in [0.25, 0.3) is 0 Å². The van der Waals surface area contributed by atoms with Gasteiger partial charge in [-0.1, -0.05) is 36.8 Å². The highest BCUT2D eigenvalue weighted by atomic mass is 16.5. The van der Waals surface area contributed by atoms with Crippen LogP contribution in [0.2, 0.25) is 0 Å². The van der Waals surface area contributed by atoms with Crippen LogP contribution in [0, 0.1) is 24.2 Å². The van der Waals surface area contributed by atoms with Crippen molar-refractivity contribution in [2.24, 2.45) is 5.92 Å². The third-order valence-corrected chi connectivity index (χ3v) is 3.35. The minimum Gasteiger partial charge on any atom is -0.494 e. The first kappa shape index (κ1) is 16.0. The summed E-state index contributed by atoms with van der Waals surface area (Å²) in [5, 5.41) is 17.1. The molecule has 0 aliphatic carbocycles. The van der Waals surface area contributed by atoms with Crippen LogP contribution in [0.1, 0.15) is 37.2 Å². The summed E-state index contributed by atoms with van der Waals surface area (Å²) >= 11 is 0. The van der Waals surface area contributed by atoms with Crippen LogP contribution in [0.5, 0.6) is 5.75 Å². The molecule has 5 nitrogen and oxygen atoms in total. The van der Waals surface area contributed by atoms with E-state index in [0.29, 0.717) is 24.8 Å². The molecular formula is C17H22N4O. The molecule has 0 spiro atoms. The van der Waals surface area contributed by atoms with E-state index >= 15 is 0 Å². The molecule has 0 atom stereocenters. The molecule has 1 aromatic heterocycles. The Morgan fingerprint density at radius 3 is 2.64 bits per heavy atom. The summed E-state index contributed by atoms with van der Waals surface area (Å²) in [5.41, 5.74) is 2.58. The van der Waals surface area contributed by atoms with Crippen LogP contribution < -0.4 is 4.74 Å². The molecular weight excluding hydrogens is 276 g/mol. The van der Waals surface area contributed by atoms with Crippen molar-refractivity contribution >= 4 is 0 Å². The van der Waals surface area contributed by atoms with Crippen LogP contribution >= 0.6 is 0 Å². The Labute approximate surface area is 131 Å². The molecule has 2 aromatic rings. The standard InChI is InChI=1S/C17H22N4O/c1-13(2)11-17-16(12-18)19-20-21(17)9-4-10-22-15-7-5-14(3)6-8-15/h5-8,13H,4,9-11H2,1-3H3. The lowest BCUT2D eigenvalue weighted by Gasteiger charge is -2.09. The Morgan fingerprint density at radius 1 is 1.27 bits per heavy atom. The molecule has 5 heteroatoms. The van der Waals surface area contributed by atoms with Gasteiger partial charge in [-0.2, -0.15) is 5.26 Å². The molecule has 116 valence electrons. The SMILES string of the molecule is Cc1ccc(OCCCn2nnc(C#N)c2CC(C)C)cc1.